The van der Waals surface area contributed by atoms with E-state index in [1.54, 1.807) is 6.08 Å². The number of thiophene rings is 1. The number of hydrogen-bond acceptors (Lipinski definition) is 4. The molecule has 7 heteroatoms. The van der Waals surface area contributed by atoms with Crippen molar-refractivity contribution in [3.63, 3.8) is 0 Å². The predicted molar refractivity (Wildman–Crippen MR) is 86.0 cm³/mol. The van der Waals surface area contributed by atoms with Crippen LogP contribution in [0.4, 0.5) is 8.78 Å². The minimum Gasteiger partial charge on any atom is -0.307 e. The highest BCUT2D eigenvalue weighted by atomic mass is 32.2. The number of rotatable bonds is 2. The molecule has 1 saturated heterocycles. The maximum Gasteiger partial charge on any atom is 0.263 e. The summed E-state index contributed by atoms with van der Waals surface area (Å²) >= 11 is 7.54. The molecule has 21 heavy (non-hydrogen) atoms. The first-order valence-electron chi connectivity index (χ1n) is 5.82. The van der Waals surface area contributed by atoms with E-state index >= 15 is 0 Å². The van der Waals surface area contributed by atoms with Crippen molar-refractivity contribution >= 4 is 51.6 Å². The molecule has 0 spiro atoms. The molecule has 1 aromatic carbocycles. The lowest BCUT2D eigenvalue weighted by Crippen LogP contribution is -2.17. The SMILES string of the molecule is O=C1NC(=S)S/C1=C\c1cc(-c2ccc(F)c(F)c2)cs1. The van der Waals surface area contributed by atoms with Gasteiger partial charge >= 0.3 is 0 Å². The molecule has 0 radical (unpaired) electrons. The zero-order valence-electron chi connectivity index (χ0n) is 10.4. The summed E-state index contributed by atoms with van der Waals surface area (Å²) in [5.74, 6) is -1.97. The summed E-state index contributed by atoms with van der Waals surface area (Å²) in [6.45, 7) is 0. The predicted octanol–water partition coefficient (Wildman–Crippen LogP) is 4.18. The standard InChI is InChI=1S/C14H7F2NOS3/c15-10-2-1-7(4-11(10)16)8-3-9(20-6-8)5-12-13(18)17-14(19)21-12/h1-6H,(H,17,18,19)/b12-5-. The number of thiocarbonyl (C=S) groups is 1. The van der Waals surface area contributed by atoms with Crippen LogP contribution in [0.1, 0.15) is 4.88 Å². The summed E-state index contributed by atoms with van der Waals surface area (Å²) in [4.78, 5) is 12.9. The maximum absolute atomic E-state index is 13.2. The Hall–Kier alpha value is -1.57. The zero-order chi connectivity index (χ0) is 15.0. The normalized spacial score (nSPS) is 16.6. The van der Waals surface area contributed by atoms with E-state index in [-0.39, 0.29) is 5.91 Å². The molecule has 1 aromatic heterocycles. The first-order chi connectivity index (χ1) is 10.0. The van der Waals surface area contributed by atoms with Gasteiger partial charge in [0.2, 0.25) is 0 Å². The summed E-state index contributed by atoms with van der Waals surface area (Å²) in [5.41, 5.74) is 1.37. The van der Waals surface area contributed by atoms with E-state index in [0.717, 1.165) is 22.6 Å². The van der Waals surface area contributed by atoms with Crippen LogP contribution < -0.4 is 5.32 Å². The Morgan fingerprint density at radius 1 is 1.14 bits per heavy atom. The molecule has 0 aliphatic carbocycles. The molecule has 106 valence electrons. The molecule has 2 nitrogen and oxygen atoms in total. The maximum atomic E-state index is 13.2. The number of hydrogen-bond donors (Lipinski definition) is 1. The third-order valence-corrected chi connectivity index (χ3v) is 4.83. The monoisotopic (exact) mass is 339 g/mol. The van der Waals surface area contributed by atoms with E-state index in [4.69, 9.17) is 12.2 Å². The summed E-state index contributed by atoms with van der Waals surface area (Å²) in [7, 11) is 0. The number of halogens is 2. The molecule has 1 N–H and O–H groups in total. The summed E-state index contributed by atoms with van der Waals surface area (Å²) in [6, 6.07) is 5.59. The second-order valence-electron chi connectivity index (χ2n) is 4.22. The lowest BCUT2D eigenvalue weighted by Gasteiger charge is -1.98. The highest BCUT2D eigenvalue weighted by molar-refractivity contribution is 8.26. The number of carbonyl (C=O) groups is 1. The van der Waals surface area contributed by atoms with Crippen molar-refractivity contribution < 1.29 is 13.6 Å². The molecule has 2 heterocycles. The van der Waals surface area contributed by atoms with Gasteiger partial charge in [-0.1, -0.05) is 30.0 Å². The molecule has 0 unspecified atom stereocenters. The van der Waals surface area contributed by atoms with Crippen LogP contribution in [0.25, 0.3) is 17.2 Å². The van der Waals surface area contributed by atoms with Crippen molar-refractivity contribution in [2.24, 2.45) is 0 Å². The van der Waals surface area contributed by atoms with E-state index in [1.165, 1.54) is 29.2 Å². The van der Waals surface area contributed by atoms with Gasteiger partial charge in [-0.2, -0.15) is 0 Å². The molecular formula is C14H7F2NOS3. The van der Waals surface area contributed by atoms with Gasteiger partial charge in [0.05, 0.1) is 4.91 Å². The van der Waals surface area contributed by atoms with E-state index in [9.17, 15) is 13.6 Å². The lowest BCUT2D eigenvalue weighted by molar-refractivity contribution is -0.115. The number of nitrogens with one attached hydrogen (secondary N) is 1. The Kier molecular flexibility index (Phi) is 3.88. The fraction of sp³-hybridized carbons (Fsp3) is 0. The highest BCUT2D eigenvalue weighted by Gasteiger charge is 2.22. The van der Waals surface area contributed by atoms with Gasteiger partial charge in [0.25, 0.3) is 5.91 Å². The first kappa shape index (κ1) is 14.4. The van der Waals surface area contributed by atoms with Crippen LogP contribution in [0.5, 0.6) is 0 Å². The summed E-state index contributed by atoms with van der Waals surface area (Å²) in [6.07, 6.45) is 1.73. The molecule has 1 fully saturated rings. The lowest BCUT2D eigenvalue weighted by atomic mass is 10.1. The summed E-state index contributed by atoms with van der Waals surface area (Å²) in [5, 5.41) is 4.37. The average Bonchev–Trinajstić information content (AvgIpc) is 3.01. The van der Waals surface area contributed by atoms with Gasteiger partial charge in [0.15, 0.2) is 11.6 Å². The molecular weight excluding hydrogens is 332 g/mol. The van der Waals surface area contributed by atoms with Crippen LogP contribution >= 0.6 is 35.3 Å². The third-order valence-electron chi connectivity index (χ3n) is 2.79. The smallest absolute Gasteiger partial charge is 0.263 e. The molecule has 0 atom stereocenters. The quantitative estimate of drug-likeness (QED) is 0.657. The Bertz CT molecular complexity index is 782. The second kappa shape index (κ2) is 5.67. The number of thioether (sulfide) groups is 1. The fourth-order valence-corrected chi connectivity index (χ4v) is 3.76. The van der Waals surface area contributed by atoms with Gasteiger partial charge in [-0.25, -0.2) is 8.78 Å². The number of benzene rings is 1. The van der Waals surface area contributed by atoms with Gasteiger partial charge in [-0.05, 0) is 40.8 Å². The van der Waals surface area contributed by atoms with Crippen LogP contribution in [0.2, 0.25) is 0 Å². The Balaban J connectivity index is 1.90. The Labute approximate surface area is 132 Å². The van der Waals surface area contributed by atoms with Crippen molar-refractivity contribution in [2.75, 3.05) is 0 Å². The Morgan fingerprint density at radius 3 is 2.62 bits per heavy atom. The van der Waals surface area contributed by atoms with Crippen molar-refractivity contribution in [3.8, 4) is 11.1 Å². The average molecular weight is 339 g/mol. The molecule has 0 bridgehead atoms. The van der Waals surface area contributed by atoms with Gasteiger partial charge in [-0.15, -0.1) is 11.3 Å². The third kappa shape index (κ3) is 3.04. The second-order valence-corrected chi connectivity index (χ2v) is 6.88. The Morgan fingerprint density at radius 2 is 1.95 bits per heavy atom. The van der Waals surface area contributed by atoms with Crippen molar-refractivity contribution in [3.05, 3.63) is 51.1 Å². The van der Waals surface area contributed by atoms with Crippen molar-refractivity contribution in [2.45, 2.75) is 0 Å². The minimum atomic E-state index is -0.880. The minimum absolute atomic E-state index is 0.215. The highest BCUT2D eigenvalue weighted by Crippen LogP contribution is 2.31. The van der Waals surface area contributed by atoms with Crippen molar-refractivity contribution in [1.82, 2.24) is 5.32 Å². The van der Waals surface area contributed by atoms with E-state index < -0.39 is 11.6 Å². The topological polar surface area (TPSA) is 29.1 Å². The van der Waals surface area contributed by atoms with Gasteiger partial charge in [0, 0.05) is 4.88 Å². The van der Waals surface area contributed by atoms with Crippen LogP contribution in [0, 0.1) is 11.6 Å². The fourth-order valence-electron chi connectivity index (χ4n) is 1.81. The van der Waals surface area contributed by atoms with E-state index in [1.807, 2.05) is 11.4 Å². The molecule has 2 aromatic rings. The van der Waals surface area contributed by atoms with E-state index in [2.05, 4.69) is 5.32 Å². The van der Waals surface area contributed by atoms with Gasteiger partial charge < -0.3 is 5.32 Å². The van der Waals surface area contributed by atoms with Gasteiger partial charge in [0.1, 0.15) is 4.32 Å². The van der Waals surface area contributed by atoms with Crippen molar-refractivity contribution in [1.29, 1.82) is 0 Å². The van der Waals surface area contributed by atoms with E-state index in [0.29, 0.717) is 14.8 Å². The summed E-state index contributed by atoms with van der Waals surface area (Å²) < 4.78 is 26.6. The largest absolute Gasteiger partial charge is 0.307 e. The molecule has 1 amide bonds. The number of amides is 1. The van der Waals surface area contributed by atoms with Gasteiger partial charge in [-0.3, -0.25) is 4.79 Å². The zero-order valence-corrected chi connectivity index (χ0v) is 12.8. The number of carbonyl (C=O) groups excluding carboxylic acids is 1. The van der Waals surface area contributed by atoms with Crippen LogP contribution in [-0.2, 0) is 4.79 Å². The molecule has 3 rings (SSSR count). The molecule has 1 aliphatic rings. The van der Waals surface area contributed by atoms with Crippen LogP contribution in [0.15, 0.2) is 34.6 Å². The van der Waals surface area contributed by atoms with Crippen LogP contribution in [0.3, 0.4) is 0 Å². The first-order valence-corrected chi connectivity index (χ1v) is 7.92. The molecule has 0 saturated carbocycles. The molecule has 1 aliphatic heterocycles. The van der Waals surface area contributed by atoms with Crippen LogP contribution in [-0.4, -0.2) is 10.2 Å².